The van der Waals surface area contributed by atoms with E-state index in [1.807, 2.05) is 31.2 Å². The van der Waals surface area contributed by atoms with Crippen LogP contribution < -0.4 is 9.64 Å². The Balaban J connectivity index is 1.51. The van der Waals surface area contributed by atoms with Gasteiger partial charge in [-0.25, -0.2) is 8.42 Å². The Morgan fingerprint density at radius 2 is 1.79 bits per heavy atom. The van der Waals surface area contributed by atoms with E-state index in [2.05, 4.69) is 10.00 Å². The molecular weight excluding hydrogens is 454 g/mol. The van der Waals surface area contributed by atoms with Gasteiger partial charge in [-0.3, -0.25) is 9.48 Å². The van der Waals surface area contributed by atoms with Crippen LogP contribution in [0.4, 0.5) is 5.69 Å². The van der Waals surface area contributed by atoms with E-state index >= 15 is 0 Å². The molecule has 4 rings (SSSR count). The molecule has 2 fully saturated rings. The molecule has 1 saturated carbocycles. The van der Waals surface area contributed by atoms with Crippen LogP contribution in [0.1, 0.15) is 49.4 Å². The Morgan fingerprint density at radius 1 is 1.12 bits per heavy atom. The van der Waals surface area contributed by atoms with Crippen molar-refractivity contribution in [2.45, 2.75) is 50.1 Å². The number of aromatic nitrogens is 2. The molecule has 2 aromatic rings. The number of ether oxygens (including phenoxy) is 1. The van der Waals surface area contributed by atoms with Crippen LogP contribution in [-0.2, 0) is 17.1 Å². The van der Waals surface area contributed by atoms with Gasteiger partial charge < -0.3 is 14.5 Å². The third kappa shape index (κ3) is 4.93. The van der Waals surface area contributed by atoms with Crippen LogP contribution in [0, 0.1) is 0 Å². The van der Waals surface area contributed by atoms with Crippen molar-refractivity contribution in [3.05, 3.63) is 36.0 Å². The number of anilines is 1. The lowest BCUT2D eigenvalue weighted by Gasteiger charge is -2.36. The van der Waals surface area contributed by atoms with Crippen molar-refractivity contribution < 1.29 is 17.9 Å². The van der Waals surface area contributed by atoms with Crippen molar-refractivity contribution in [2.75, 3.05) is 44.7 Å². The lowest BCUT2D eigenvalue weighted by atomic mass is 9.94. The van der Waals surface area contributed by atoms with E-state index in [1.165, 1.54) is 21.6 Å². The van der Waals surface area contributed by atoms with Crippen molar-refractivity contribution in [1.82, 2.24) is 19.0 Å². The Hall–Kier alpha value is -2.59. The van der Waals surface area contributed by atoms with Crippen molar-refractivity contribution in [1.29, 1.82) is 0 Å². The number of piperazine rings is 1. The molecule has 0 N–H and O–H groups in total. The molecule has 1 aromatic carbocycles. The van der Waals surface area contributed by atoms with Crippen molar-refractivity contribution >= 4 is 21.6 Å². The highest BCUT2D eigenvalue weighted by atomic mass is 32.2. The maximum Gasteiger partial charge on any atom is 0.263 e. The standard InChI is InChI=1S/C24H35N5O4S/c1-4-33-22-13-9-8-12-21(22)28-14-16-29(17-15-28)34(31,32)23-20(18-26(2)25-23)24(30)27(3)19-10-6-5-7-11-19/h8-9,12-13,18-19H,4-7,10-11,14-17H2,1-3H3. The number of aryl methyl sites for hydroxylation is 1. The SMILES string of the molecule is CCOc1ccccc1N1CCN(S(=O)(=O)c2nn(C)cc2C(=O)N(C)C2CCCCC2)CC1. The van der Waals surface area contributed by atoms with E-state index in [0.29, 0.717) is 32.8 Å². The van der Waals surface area contributed by atoms with E-state index in [1.54, 1.807) is 19.0 Å². The van der Waals surface area contributed by atoms with E-state index in [0.717, 1.165) is 37.1 Å². The van der Waals surface area contributed by atoms with Crippen LogP contribution in [0.2, 0.25) is 0 Å². The van der Waals surface area contributed by atoms with Gasteiger partial charge in [-0.15, -0.1) is 0 Å². The number of hydrogen-bond donors (Lipinski definition) is 0. The summed E-state index contributed by atoms with van der Waals surface area (Å²) in [4.78, 5) is 17.2. The Kier molecular flexibility index (Phi) is 7.47. The van der Waals surface area contributed by atoms with Crippen LogP contribution in [0.15, 0.2) is 35.5 Å². The molecule has 0 atom stereocenters. The zero-order valence-electron chi connectivity index (χ0n) is 20.3. The number of hydrogen-bond acceptors (Lipinski definition) is 6. The molecular formula is C24H35N5O4S. The first-order chi connectivity index (χ1) is 16.3. The fraction of sp³-hybridized carbons (Fsp3) is 0.583. The summed E-state index contributed by atoms with van der Waals surface area (Å²) in [5.74, 6) is 0.521. The number of sulfonamides is 1. The van der Waals surface area contributed by atoms with Gasteiger partial charge in [0.2, 0.25) is 5.03 Å². The molecule has 1 aliphatic carbocycles. The predicted molar refractivity (Wildman–Crippen MR) is 131 cm³/mol. The number of para-hydroxylation sites is 2. The Morgan fingerprint density at radius 3 is 2.47 bits per heavy atom. The summed E-state index contributed by atoms with van der Waals surface area (Å²) in [5, 5.41) is 4.08. The molecule has 0 bridgehead atoms. The summed E-state index contributed by atoms with van der Waals surface area (Å²) in [7, 11) is -0.485. The van der Waals surface area contributed by atoms with E-state index in [-0.39, 0.29) is 22.5 Å². The first-order valence-electron chi connectivity index (χ1n) is 12.1. The number of nitrogens with zero attached hydrogens (tertiary/aromatic N) is 5. The van der Waals surface area contributed by atoms with Crippen LogP contribution in [0.3, 0.4) is 0 Å². The molecule has 1 saturated heterocycles. The van der Waals surface area contributed by atoms with Crippen molar-refractivity contribution in [3.8, 4) is 5.75 Å². The second-order valence-corrected chi connectivity index (χ2v) is 10.9. The minimum Gasteiger partial charge on any atom is -0.492 e. The first kappa shape index (κ1) is 24.5. The summed E-state index contributed by atoms with van der Waals surface area (Å²) < 4.78 is 35.7. The molecule has 1 amide bonds. The first-order valence-corrected chi connectivity index (χ1v) is 13.5. The van der Waals surface area contributed by atoms with Gasteiger partial charge in [0.25, 0.3) is 15.9 Å². The molecule has 10 heteroatoms. The molecule has 186 valence electrons. The topological polar surface area (TPSA) is 88.0 Å². The minimum absolute atomic E-state index is 0.144. The van der Waals surface area contributed by atoms with Crippen LogP contribution in [0.25, 0.3) is 0 Å². The highest BCUT2D eigenvalue weighted by Crippen LogP contribution is 2.30. The third-order valence-corrected chi connectivity index (χ3v) is 8.63. The van der Waals surface area contributed by atoms with Gasteiger partial charge in [0.1, 0.15) is 5.75 Å². The number of rotatable bonds is 7. The highest BCUT2D eigenvalue weighted by Gasteiger charge is 2.36. The van der Waals surface area contributed by atoms with Crippen LogP contribution in [-0.4, -0.2) is 79.2 Å². The summed E-state index contributed by atoms with van der Waals surface area (Å²) in [6.45, 7) is 4.19. The molecule has 1 aromatic heterocycles. The Labute approximate surface area is 202 Å². The average Bonchev–Trinajstić information content (AvgIpc) is 3.27. The Bertz CT molecular complexity index is 1100. The molecule has 1 aliphatic heterocycles. The van der Waals surface area contributed by atoms with Crippen LogP contribution in [0.5, 0.6) is 5.75 Å². The predicted octanol–water partition coefficient (Wildman–Crippen LogP) is 2.73. The quantitative estimate of drug-likeness (QED) is 0.594. The van der Waals surface area contributed by atoms with Crippen LogP contribution >= 0.6 is 0 Å². The van der Waals surface area contributed by atoms with Gasteiger partial charge >= 0.3 is 0 Å². The molecule has 0 unspecified atom stereocenters. The molecule has 34 heavy (non-hydrogen) atoms. The zero-order chi connectivity index (χ0) is 24.3. The average molecular weight is 490 g/mol. The second-order valence-electron chi connectivity index (χ2n) is 9.02. The fourth-order valence-corrected chi connectivity index (χ4v) is 6.46. The van der Waals surface area contributed by atoms with Gasteiger partial charge in [-0.1, -0.05) is 31.4 Å². The van der Waals surface area contributed by atoms with Gasteiger partial charge in [0.15, 0.2) is 0 Å². The largest absolute Gasteiger partial charge is 0.492 e. The summed E-state index contributed by atoms with van der Waals surface area (Å²) >= 11 is 0. The number of carbonyl (C=O) groups excluding carboxylic acids is 1. The van der Waals surface area contributed by atoms with Gasteiger partial charge in [-0.2, -0.15) is 9.40 Å². The van der Waals surface area contributed by atoms with Gasteiger partial charge in [0, 0.05) is 52.5 Å². The van der Waals surface area contributed by atoms with E-state index < -0.39 is 10.0 Å². The minimum atomic E-state index is -3.91. The number of amides is 1. The van der Waals surface area contributed by atoms with E-state index in [9.17, 15) is 13.2 Å². The molecule has 9 nitrogen and oxygen atoms in total. The van der Waals surface area contributed by atoms with Crippen molar-refractivity contribution in [3.63, 3.8) is 0 Å². The van der Waals surface area contributed by atoms with E-state index in [4.69, 9.17) is 4.74 Å². The molecule has 2 heterocycles. The smallest absolute Gasteiger partial charge is 0.263 e. The lowest BCUT2D eigenvalue weighted by molar-refractivity contribution is 0.0692. The summed E-state index contributed by atoms with van der Waals surface area (Å²) in [5.41, 5.74) is 1.11. The normalized spacial score (nSPS) is 18.1. The zero-order valence-corrected chi connectivity index (χ0v) is 21.1. The molecule has 2 aliphatic rings. The van der Waals surface area contributed by atoms with Crippen molar-refractivity contribution in [2.24, 2.45) is 7.05 Å². The number of carbonyl (C=O) groups is 1. The van der Waals surface area contributed by atoms with Gasteiger partial charge in [-0.05, 0) is 31.9 Å². The fourth-order valence-electron chi connectivity index (χ4n) is 4.92. The number of benzene rings is 1. The monoisotopic (exact) mass is 489 g/mol. The molecule has 0 radical (unpaired) electrons. The maximum atomic E-state index is 13.6. The lowest BCUT2D eigenvalue weighted by Crippen LogP contribution is -2.49. The van der Waals surface area contributed by atoms with Gasteiger partial charge in [0.05, 0.1) is 17.9 Å². The summed E-state index contributed by atoms with van der Waals surface area (Å²) in [6.07, 6.45) is 6.81. The second kappa shape index (κ2) is 10.4. The molecule has 0 spiro atoms. The third-order valence-electron chi connectivity index (χ3n) is 6.80. The highest BCUT2D eigenvalue weighted by molar-refractivity contribution is 7.89. The summed E-state index contributed by atoms with van der Waals surface area (Å²) in [6, 6.07) is 7.95. The maximum absolute atomic E-state index is 13.6.